The molecule has 1 unspecified atom stereocenters. The molecule has 4 N–H and O–H groups in total. The van der Waals surface area contributed by atoms with Gasteiger partial charge in [-0.1, -0.05) is 5.16 Å². The number of hydrogen-bond donors (Lipinski definition) is 4. The molecule has 0 aliphatic carbocycles. The maximum atomic E-state index is 12.5. The number of imidazole rings is 1. The highest BCUT2D eigenvalue weighted by molar-refractivity contribution is 8.00. The molecule has 1 saturated heterocycles. The minimum Gasteiger partial charge on any atom is -0.477 e. The van der Waals surface area contributed by atoms with E-state index in [9.17, 15) is 19.5 Å². The number of carbonyl (C=O) groups is 3. The van der Waals surface area contributed by atoms with Crippen molar-refractivity contribution < 1.29 is 29.4 Å². The van der Waals surface area contributed by atoms with E-state index in [0.717, 1.165) is 6.21 Å². The number of oxime groups is 1. The molecule has 3 rings (SSSR count). The zero-order valence-electron chi connectivity index (χ0n) is 13.5. The molecule has 0 radical (unpaired) electrons. The molecule has 12 heteroatoms. The number of hydrogen-bond acceptors (Lipinski definition) is 9. The standard InChI is InChI=1S/C14H15N5O6S/c1-6(20)25-4-7-5-26-12-9(11(21)19(12)10(7)13(22)23)18-14-15-2-8(17-14)3-16-24/h2-3,9,12,24H,4-5H2,1H3,(H,22,23)(H2,15,17,18)/b16-3-/t9?,12-/m1/s1. The fraction of sp³-hybridized carbons (Fsp3) is 0.357. The number of anilines is 1. The number of nitrogens with one attached hydrogen (secondary N) is 2. The number of H-pyrrole nitrogens is 1. The Bertz CT molecular complexity index is 819. The molecule has 0 aromatic carbocycles. The number of rotatable bonds is 6. The molecule has 2 aliphatic rings. The second-order valence-electron chi connectivity index (χ2n) is 5.50. The summed E-state index contributed by atoms with van der Waals surface area (Å²) in [6.07, 6.45) is 2.56. The number of β-lactam (4-membered cyclic amide) rings is 1. The van der Waals surface area contributed by atoms with Crippen LogP contribution >= 0.6 is 11.8 Å². The van der Waals surface area contributed by atoms with Gasteiger partial charge in [0.25, 0.3) is 5.91 Å². The van der Waals surface area contributed by atoms with Gasteiger partial charge in [-0.2, -0.15) is 0 Å². The van der Waals surface area contributed by atoms with Crippen LogP contribution in [0.5, 0.6) is 0 Å². The summed E-state index contributed by atoms with van der Waals surface area (Å²) in [7, 11) is 0. The van der Waals surface area contributed by atoms with Gasteiger partial charge in [-0.15, -0.1) is 11.8 Å². The Kier molecular flexibility index (Phi) is 4.84. The van der Waals surface area contributed by atoms with E-state index in [4.69, 9.17) is 9.94 Å². The lowest BCUT2D eigenvalue weighted by molar-refractivity contribution is -0.147. The molecule has 138 valence electrons. The van der Waals surface area contributed by atoms with Gasteiger partial charge >= 0.3 is 11.9 Å². The highest BCUT2D eigenvalue weighted by atomic mass is 32.2. The van der Waals surface area contributed by atoms with Crippen molar-refractivity contribution in [3.05, 3.63) is 23.2 Å². The second kappa shape index (κ2) is 7.07. The van der Waals surface area contributed by atoms with Crippen LogP contribution in [0.15, 0.2) is 22.6 Å². The number of nitrogens with zero attached hydrogens (tertiary/aromatic N) is 3. The largest absolute Gasteiger partial charge is 0.477 e. The molecule has 1 aromatic heterocycles. The number of ether oxygens (including phenoxy) is 1. The van der Waals surface area contributed by atoms with Crippen LogP contribution in [0.4, 0.5) is 5.95 Å². The van der Waals surface area contributed by atoms with Crippen LogP contribution in [0.3, 0.4) is 0 Å². The van der Waals surface area contributed by atoms with Gasteiger partial charge in [0.1, 0.15) is 23.7 Å². The molecule has 2 aliphatic heterocycles. The molecular weight excluding hydrogens is 366 g/mol. The second-order valence-corrected chi connectivity index (χ2v) is 6.61. The van der Waals surface area contributed by atoms with Gasteiger partial charge in [0.05, 0.1) is 18.1 Å². The number of thioether (sulfide) groups is 1. The maximum Gasteiger partial charge on any atom is 0.352 e. The van der Waals surface area contributed by atoms with E-state index in [1.54, 1.807) is 0 Å². The first-order valence-corrected chi connectivity index (χ1v) is 8.49. The van der Waals surface area contributed by atoms with Crippen LogP contribution in [-0.4, -0.2) is 73.0 Å². The van der Waals surface area contributed by atoms with E-state index in [1.807, 2.05) is 0 Å². The van der Waals surface area contributed by atoms with Gasteiger partial charge in [0, 0.05) is 18.2 Å². The van der Waals surface area contributed by atoms with Crippen molar-refractivity contribution in [2.45, 2.75) is 18.3 Å². The third-order valence-electron chi connectivity index (χ3n) is 3.78. The summed E-state index contributed by atoms with van der Waals surface area (Å²) in [5.74, 6) is -1.58. The minimum absolute atomic E-state index is 0.148. The van der Waals surface area contributed by atoms with Gasteiger partial charge < -0.3 is 25.4 Å². The number of esters is 1. The first kappa shape index (κ1) is 17.8. The van der Waals surface area contributed by atoms with Crippen LogP contribution in [-0.2, 0) is 19.1 Å². The summed E-state index contributed by atoms with van der Waals surface area (Å²) in [6.45, 7) is 1.06. The summed E-state index contributed by atoms with van der Waals surface area (Å²) in [5.41, 5.74) is 0.663. The third-order valence-corrected chi connectivity index (χ3v) is 5.12. The molecule has 26 heavy (non-hydrogen) atoms. The fourth-order valence-corrected chi connectivity index (χ4v) is 3.99. The lowest BCUT2D eigenvalue weighted by atomic mass is 10.0. The molecule has 0 saturated carbocycles. The number of carbonyl (C=O) groups excluding carboxylic acids is 2. The van der Waals surface area contributed by atoms with Crippen molar-refractivity contribution in [3.8, 4) is 0 Å². The fourth-order valence-electron chi connectivity index (χ4n) is 2.67. The van der Waals surface area contributed by atoms with Gasteiger partial charge in [0.15, 0.2) is 0 Å². The predicted octanol–water partition coefficient (Wildman–Crippen LogP) is -0.185. The monoisotopic (exact) mass is 381 g/mol. The van der Waals surface area contributed by atoms with Crippen molar-refractivity contribution in [1.29, 1.82) is 0 Å². The number of carboxylic acids is 1. The molecule has 0 spiro atoms. The van der Waals surface area contributed by atoms with Gasteiger partial charge in [-0.25, -0.2) is 9.78 Å². The summed E-state index contributed by atoms with van der Waals surface area (Å²) >= 11 is 1.36. The highest BCUT2D eigenvalue weighted by Crippen LogP contribution is 2.41. The molecular formula is C14H15N5O6S. The Hall–Kier alpha value is -3.02. The SMILES string of the molecule is CC(=O)OCC1=C(C(=O)O)N2C(=O)C(Nc3ncc(/C=N\O)[nH]3)[C@H]2SC1. The Morgan fingerprint density at radius 1 is 1.62 bits per heavy atom. The first-order chi connectivity index (χ1) is 12.4. The molecule has 11 nitrogen and oxygen atoms in total. The number of amides is 1. The van der Waals surface area contributed by atoms with E-state index in [-0.39, 0.29) is 12.3 Å². The average molecular weight is 381 g/mol. The van der Waals surface area contributed by atoms with E-state index in [2.05, 4.69) is 20.4 Å². The normalized spacial score (nSPS) is 22.2. The quantitative estimate of drug-likeness (QED) is 0.172. The molecule has 1 fully saturated rings. The van der Waals surface area contributed by atoms with Crippen LogP contribution in [0.1, 0.15) is 12.6 Å². The molecule has 3 heterocycles. The summed E-state index contributed by atoms with van der Waals surface area (Å²) in [4.78, 5) is 43.0. The topological polar surface area (TPSA) is 157 Å². The minimum atomic E-state index is -1.25. The summed E-state index contributed by atoms with van der Waals surface area (Å²) < 4.78 is 4.88. The van der Waals surface area contributed by atoms with E-state index in [1.165, 1.54) is 29.8 Å². The van der Waals surface area contributed by atoms with E-state index >= 15 is 0 Å². The Labute approximate surface area is 151 Å². The molecule has 2 atom stereocenters. The van der Waals surface area contributed by atoms with E-state index in [0.29, 0.717) is 23.0 Å². The predicted molar refractivity (Wildman–Crippen MR) is 89.8 cm³/mol. The number of carboxylic acid groups (broad SMARTS) is 1. The zero-order chi connectivity index (χ0) is 18.8. The van der Waals surface area contributed by atoms with Gasteiger partial charge in [-0.05, 0) is 0 Å². The number of aliphatic carboxylic acids is 1. The van der Waals surface area contributed by atoms with Crippen molar-refractivity contribution >= 4 is 41.8 Å². The van der Waals surface area contributed by atoms with Crippen LogP contribution < -0.4 is 5.32 Å². The third kappa shape index (κ3) is 3.22. The maximum absolute atomic E-state index is 12.5. The average Bonchev–Trinajstić information content (AvgIpc) is 3.04. The first-order valence-electron chi connectivity index (χ1n) is 7.44. The van der Waals surface area contributed by atoms with Crippen molar-refractivity contribution in [2.75, 3.05) is 17.7 Å². The van der Waals surface area contributed by atoms with Crippen molar-refractivity contribution in [1.82, 2.24) is 14.9 Å². The summed E-state index contributed by atoms with van der Waals surface area (Å²) in [6, 6.07) is -0.658. The number of aromatic nitrogens is 2. The zero-order valence-corrected chi connectivity index (χ0v) is 14.3. The Balaban J connectivity index is 1.75. The van der Waals surface area contributed by atoms with Gasteiger partial charge in [0.2, 0.25) is 5.95 Å². The van der Waals surface area contributed by atoms with Gasteiger partial charge in [-0.3, -0.25) is 14.5 Å². The smallest absolute Gasteiger partial charge is 0.352 e. The van der Waals surface area contributed by atoms with Crippen LogP contribution in [0.25, 0.3) is 0 Å². The van der Waals surface area contributed by atoms with Crippen LogP contribution in [0, 0.1) is 0 Å². The number of aromatic amines is 1. The molecule has 1 amide bonds. The Morgan fingerprint density at radius 3 is 3.04 bits per heavy atom. The highest BCUT2D eigenvalue weighted by Gasteiger charge is 2.54. The number of fused-ring (bicyclic) bond motifs is 1. The molecule has 1 aromatic rings. The lowest BCUT2D eigenvalue weighted by Crippen LogP contribution is -2.67. The lowest BCUT2D eigenvalue weighted by Gasteiger charge is -2.49. The summed E-state index contributed by atoms with van der Waals surface area (Å²) in [5, 5.41) is 23.3. The van der Waals surface area contributed by atoms with Crippen LogP contribution in [0.2, 0.25) is 0 Å². The molecule has 0 bridgehead atoms. The van der Waals surface area contributed by atoms with Crippen molar-refractivity contribution in [3.63, 3.8) is 0 Å². The van der Waals surface area contributed by atoms with E-state index < -0.39 is 29.3 Å². The Morgan fingerprint density at radius 2 is 2.38 bits per heavy atom. The van der Waals surface area contributed by atoms with Crippen molar-refractivity contribution in [2.24, 2.45) is 5.16 Å².